The van der Waals surface area contributed by atoms with Crippen LogP contribution in [0.1, 0.15) is 46.0 Å². The molecule has 0 unspecified atom stereocenters. The van der Waals surface area contributed by atoms with Crippen molar-refractivity contribution < 1.29 is 24.3 Å². The molecule has 5 N–H and O–H groups in total. The first kappa shape index (κ1) is 49.2. The Hall–Kier alpha value is -5.21. The standard InChI is InChI=1S/C20H19ClN4O3S.C15H14ClN3O4S.C4H6N2.ClH/c1-12(26)23-16-8-13(21)4-5-15(16)17-9-18(28)25(19(24-17)29-3)11-14(27)10-20(22-2)6-7-20;1-8(20)17-11-5-9(16)3-4-10(11)12-6-13(21)19(7-14(22)23)15(18-12)24-2;1-6-4(5)2-3-4;/h4-5,8-9H,6-7,10-11H2,1,3H3,(H,23,26);3-6H,7H2,1-2H3,(H,17,20)(H,22,23);2-3,5H2;1H. The number of thioether (sulfide) groups is 2. The molecular formula is C39H40Cl3N9O7S2. The number of halogens is 3. The highest BCUT2D eigenvalue weighted by Crippen LogP contribution is 2.43. The fraction of sp³-hybridized carbons (Fsp3) is 0.333. The summed E-state index contributed by atoms with van der Waals surface area (Å²) in [6.07, 6.45) is 6.87. The molecule has 2 aliphatic rings. The number of nitrogens with one attached hydrogen (secondary N) is 2. The second kappa shape index (κ2) is 21.4. The van der Waals surface area contributed by atoms with Gasteiger partial charge in [-0.25, -0.2) is 23.1 Å². The lowest BCUT2D eigenvalue weighted by Crippen LogP contribution is -2.28. The molecule has 2 aromatic heterocycles. The Labute approximate surface area is 369 Å². The van der Waals surface area contributed by atoms with Crippen molar-refractivity contribution in [1.82, 2.24) is 19.1 Å². The zero-order valence-corrected chi connectivity index (χ0v) is 36.7. The van der Waals surface area contributed by atoms with Gasteiger partial charge in [0, 0.05) is 72.8 Å². The van der Waals surface area contributed by atoms with Crippen LogP contribution in [-0.2, 0) is 32.3 Å². The maximum atomic E-state index is 12.8. The van der Waals surface area contributed by atoms with E-state index in [1.54, 1.807) is 48.9 Å². The number of nitrogens with zero attached hydrogens (tertiary/aromatic N) is 6. The maximum Gasteiger partial charge on any atom is 0.323 e. The molecule has 60 heavy (non-hydrogen) atoms. The van der Waals surface area contributed by atoms with E-state index in [1.807, 2.05) is 0 Å². The van der Waals surface area contributed by atoms with E-state index in [0.717, 1.165) is 42.0 Å². The molecule has 2 heterocycles. The predicted molar refractivity (Wildman–Crippen MR) is 236 cm³/mol. The van der Waals surface area contributed by atoms with Crippen LogP contribution in [0.2, 0.25) is 10.0 Å². The number of hydrogen-bond acceptors (Lipinski definition) is 11. The molecule has 0 atom stereocenters. The van der Waals surface area contributed by atoms with Crippen molar-refractivity contribution in [3.8, 4) is 22.5 Å². The van der Waals surface area contributed by atoms with Crippen LogP contribution >= 0.6 is 59.1 Å². The molecule has 0 bridgehead atoms. The number of carbonyl (C=O) groups excluding carboxylic acids is 3. The van der Waals surface area contributed by atoms with Gasteiger partial charge in [0.1, 0.15) is 6.54 Å². The first-order valence-electron chi connectivity index (χ1n) is 17.6. The zero-order valence-electron chi connectivity index (χ0n) is 32.7. The summed E-state index contributed by atoms with van der Waals surface area (Å²) in [6.45, 7) is 15.8. The van der Waals surface area contributed by atoms with Crippen LogP contribution in [0.15, 0.2) is 68.4 Å². The summed E-state index contributed by atoms with van der Waals surface area (Å²) in [5.74, 6) is -1.85. The SMILES string of the molecule is CSc1nc(-c2ccc(Cl)cc2NC(C)=O)cc(=O)n1CC(=O)O.Cl.[C-]#[N+]C1(CC(=O)Cn2c(SC)nc(-c3ccc(Cl)cc3NC(C)=O)cc2=O)CC1.[C-]#[N+]C1(N)CC1. The third-order valence-electron chi connectivity index (χ3n) is 8.65. The van der Waals surface area contributed by atoms with Crippen LogP contribution in [-0.4, -0.2) is 71.5 Å². The van der Waals surface area contributed by atoms with Crippen LogP contribution in [0.25, 0.3) is 32.2 Å². The highest BCUT2D eigenvalue weighted by atomic mass is 35.5. The molecule has 0 saturated heterocycles. The molecule has 21 heteroatoms. The second-order valence-corrected chi connectivity index (χ2v) is 15.9. The second-order valence-electron chi connectivity index (χ2n) is 13.5. The van der Waals surface area contributed by atoms with Crippen LogP contribution in [0.4, 0.5) is 11.4 Å². The van der Waals surface area contributed by atoms with Gasteiger partial charge in [0.05, 0.1) is 35.7 Å². The molecule has 16 nitrogen and oxygen atoms in total. The first-order valence-corrected chi connectivity index (χ1v) is 20.8. The summed E-state index contributed by atoms with van der Waals surface area (Å²) in [5.41, 5.74) is 6.10. The molecule has 0 radical (unpaired) electrons. The van der Waals surface area contributed by atoms with E-state index in [0.29, 0.717) is 49.1 Å². The number of nitrogens with two attached hydrogens (primary N) is 1. The molecule has 0 aliphatic heterocycles. The number of rotatable bonds is 12. The molecule has 2 fully saturated rings. The normalized spacial score (nSPS) is 13.6. The van der Waals surface area contributed by atoms with Crippen LogP contribution in [0, 0.1) is 13.1 Å². The Bertz CT molecular complexity index is 2510. The Kier molecular flexibility index (Phi) is 17.5. The van der Waals surface area contributed by atoms with Gasteiger partial charge < -0.3 is 20.6 Å². The lowest BCUT2D eigenvalue weighted by atomic mass is 10.1. The summed E-state index contributed by atoms with van der Waals surface area (Å²) < 4.78 is 2.40. The van der Waals surface area contributed by atoms with Crippen molar-refractivity contribution in [2.24, 2.45) is 5.73 Å². The topological polar surface area (TPSA) is 217 Å². The molecule has 6 rings (SSSR count). The van der Waals surface area contributed by atoms with E-state index >= 15 is 0 Å². The fourth-order valence-corrected chi connectivity index (χ4v) is 6.83. The average Bonchev–Trinajstić information content (AvgIpc) is 4.11. The highest BCUT2D eigenvalue weighted by Gasteiger charge is 2.52. The van der Waals surface area contributed by atoms with Crippen molar-refractivity contribution in [1.29, 1.82) is 0 Å². The number of hydrogen-bond donors (Lipinski definition) is 4. The molecule has 2 aliphatic carbocycles. The van der Waals surface area contributed by atoms with Gasteiger partial charge in [0.15, 0.2) is 16.1 Å². The minimum absolute atomic E-state index is 0. The Balaban J connectivity index is 0.000000280. The molecular weight excluding hydrogens is 877 g/mol. The van der Waals surface area contributed by atoms with Crippen molar-refractivity contribution in [3.63, 3.8) is 0 Å². The van der Waals surface area contributed by atoms with E-state index in [9.17, 15) is 28.8 Å². The van der Waals surface area contributed by atoms with Crippen LogP contribution < -0.4 is 27.5 Å². The summed E-state index contributed by atoms with van der Waals surface area (Å²) in [6, 6.07) is 12.3. The number of aliphatic carboxylic acids is 1. The minimum Gasteiger partial charge on any atom is -0.480 e. The summed E-state index contributed by atoms with van der Waals surface area (Å²) >= 11 is 14.4. The third kappa shape index (κ3) is 13.7. The van der Waals surface area contributed by atoms with Crippen LogP contribution in [0.5, 0.6) is 0 Å². The molecule has 2 amide bonds. The van der Waals surface area contributed by atoms with Gasteiger partial charge in [0.2, 0.25) is 17.4 Å². The Morgan fingerprint density at radius 3 is 1.53 bits per heavy atom. The number of anilines is 2. The number of carboxylic acids is 1. The number of aromatic nitrogens is 4. The number of carbonyl (C=O) groups is 4. The maximum absolute atomic E-state index is 12.8. The lowest BCUT2D eigenvalue weighted by molar-refractivity contribution is -0.138. The molecule has 0 spiro atoms. The minimum atomic E-state index is -1.13. The van der Waals surface area contributed by atoms with E-state index in [1.165, 1.54) is 42.3 Å². The zero-order chi connectivity index (χ0) is 43.7. The summed E-state index contributed by atoms with van der Waals surface area (Å²) in [7, 11) is 0. The van der Waals surface area contributed by atoms with Gasteiger partial charge in [0.25, 0.3) is 16.8 Å². The fourth-order valence-electron chi connectivity index (χ4n) is 5.36. The third-order valence-corrected chi connectivity index (χ3v) is 10.5. The monoisotopic (exact) mass is 915 g/mol. The van der Waals surface area contributed by atoms with Crippen molar-refractivity contribution >= 4 is 94.1 Å². The summed E-state index contributed by atoms with van der Waals surface area (Å²) in [5, 5.41) is 15.8. The molecule has 4 aromatic rings. The number of ketones is 1. The lowest BCUT2D eigenvalue weighted by Gasteiger charge is -2.14. The van der Waals surface area contributed by atoms with E-state index in [4.69, 9.17) is 47.2 Å². The number of amides is 2. The number of benzene rings is 2. The Morgan fingerprint density at radius 2 is 1.22 bits per heavy atom. The first-order chi connectivity index (χ1) is 27.8. The van der Waals surface area contributed by atoms with Gasteiger partial charge in [-0.3, -0.25) is 48.5 Å². The highest BCUT2D eigenvalue weighted by molar-refractivity contribution is 7.98. The summed E-state index contributed by atoms with van der Waals surface area (Å²) in [4.78, 5) is 86.8. The van der Waals surface area contributed by atoms with E-state index in [-0.39, 0.29) is 53.7 Å². The largest absolute Gasteiger partial charge is 0.480 e. The van der Waals surface area contributed by atoms with E-state index < -0.39 is 29.3 Å². The van der Waals surface area contributed by atoms with Crippen molar-refractivity contribution in [2.75, 3.05) is 23.1 Å². The van der Waals surface area contributed by atoms with E-state index in [2.05, 4.69) is 30.3 Å². The van der Waals surface area contributed by atoms with Crippen molar-refractivity contribution in [3.05, 3.63) is 102 Å². The van der Waals surface area contributed by atoms with Gasteiger partial charge in [-0.2, -0.15) is 0 Å². The van der Waals surface area contributed by atoms with Gasteiger partial charge in [-0.1, -0.05) is 46.7 Å². The smallest absolute Gasteiger partial charge is 0.323 e. The van der Waals surface area contributed by atoms with Gasteiger partial charge in [-0.05, 0) is 48.9 Å². The van der Waals surface area contributed by atoms with Gasteiger partial charge in [-0.15, -0.1) is 12.4 Å². The number of carboxylic acid groups (broad SMARTS) is 1. The quantitative estimate of drug-likeness (QED) is 0.0659. The Morgan fingerprint density at radius 1 is 0.783 bits per heavy atom. The average molecular weight is 917 g/mol. The van der Waals surface area contributed by atoms with Crippen molar-refractivity contribution in [2.45, 2.75) is 80.6 Å². The van der Waals surface area contributed by atoms with Gasteiger partial charge >= 0.3 is 5.97 Å². The number of Topliss-reactive ketones (excluding diaryl/α,β-unsaturated/α-hetero) is 1. The molecule has 316 valence electrons. The van der Waals surface area contributed by atoms with Crippen LogP contribution in [0.3, 0.4) is 0 Å². The predicted octanol–water partition coefficient (Wildman–Crippen LogP) is 6.76. The molecule has 2 aromatic carbocycles. The molecule has 2 saturated carbocycles.